The van der Waals surface area contributed by atoms with Gasteiger partial charge < -0.3 is 14.7 Å². The van der Waals surface area contributed by atoms with Gasteiger partial charge in [-0.05, 0) is 19.1 Å². The fourth-order valence-electron chi connectivity index (χ4n) is 1.80. The predicted octanol–water partition coefficient (Wildman–Crippen LogP) is 1.32. The molecule has 2 heterocycles. The number of ether oxygens (including phenoxy) is 1. The van der Waals surface area contributed by atoms with Crippen LogP contribution in [-0.4, -0.2) is 42.0 Å². The second kappa shape index (κ2) is 4.99. The number of hydrogen-bond acceptors (Lipinski definition) is 4. The SMILES string of the molecule is CC1COC(CO)CN1c1cccc(Cl)n1. The molecule has 1 fully saturated rings. The van der Waals surface area contributed by atoms with Gasteiger partial charge in [-0.3, -0.25) is 0 Å². The Labute approximate surface area is 99.8 Å². The van der Waals surface area contributed by atoms with Crippen LogP contribution in [0.4, 0.5) is 5.82 Å². The maximum Gasteiger partial charge on any atom is 0.131 e. The summed E-state index contributed by atoms with van der Waals surface area (Å²) in [5.74, 6) is 0.835. The molecule has 0 aromatic carbocycles. The molecule has 0 saturated carbocycles. The minimum Gasteiger partial charge on any atom is -0.394 e. The second-order valence-corrected chi connectivity index (χ2v) is 4.35. The van der Waals surface area contributed by atoms with Crippen molar-refractivity contribution in [1.82, 2.24) is 4.98 Å². The first-order valence-electron chi connectivity index (χ1n) is 5.32. The number of anilines is 1. The summed E-state index contributed by atoms with van der Waals surface area (Å²) in [6.07, 6.45) is -0.142. The molecule has 0 radical (unpaired) electrons. The maximum absolute atomic E-state index is 9.10. The van der Waals surface area contributed by atoms with Crippen LogP contribution in [0.5, 0.6) is 0 Å². The third-order valence-corrected chi connectivity index (χ3v) is 2.91. The average Bonchev–Trinajstić information content (AvgIpc) is 2.30. The molecule has 0 spiro atoms. The number of aliphatic hydroxyl groups excluding tert-OH is 1. The fourth-order valence-corrected chi connectivity index (χ4v) is 1.96. The summed E-state index contributed by atoms with van der Waals surface area (Å²) in [5, 5.41) is 9.58. The first-order valence-corrected chi connectivity index (χ1v) is 5.70. The number of aromatic nitrogens is 1. The molecule has 0 aliphatic carbocycles. The highest BCUT2D eigenvalue weighted by Gasteiger charge is 2.26. The molecule has 2 rings (SSSR count). The smallest absolute Gasteiger partial charge is 0.131 e. The topological polar surface area (TPSA) is 45.6 Å². The lowest BCUT2D eigenvalue weighted by molar-refractivity contribution is -0.0105. The predicted molar refractivity (Wildman–Crippen MR) is 62.9 cm³/mol. The lowest BCUT2D eigenvalue weighted by Gasteiger charge is -2.38. The standard InChI is InChI=1S/C11H15ClN2O2/c1-8-7-16-9(6-15)5-14(8)11-4-2-3-10(12)13-11/h2-4,8-9,15H,5-7H2,1H3. The highest BCUT2D eigenvalue weighted by molar-refractivity contribution is 6.29. The Morgan fingerprint density at radius 2 is 2.44 bits per heavy atom. The molecule has 4 nitrogen and oxygen atoms in total. The van der Waals surface area contributed by atoms with Crippen LogP contribution in [0, 0.1) is 0 Å². The number of aliphatic hydroxyl groups is 1. The molecule has 88 valence electrons. The molecule has 1 aliphatic rings. The summed E-state index contributed by atoms with van der Waals surface area (Å²) in [6, 6.07) is 5.79. The Morgan fingerprint density at radius 1 is 1.62 bits per heavy atom. The average molecular weight is 243 g/mol. The van der Waals surface area contributed by atoms with Gasteiger partial charge in [0, 0.05) is 6.54 Å². The third kappa shape index (κ3) is 2.45. The summed E-state index contributed by atoms with van der Waals surface area (Å²) < 4.78 is 5.47. The summed E-state index contributed by atoms with van der Waals surface area (Å²) in [4.78, 5) is 6.38. The fraction of sp³-hybridized carbons (Fsp3) is 0.545. The second-order valence-electron chi connectivity index (χ2n) is 3.96. The molecule has 1 aromatic heterocycles. The van der Waals surface area contributed by atoms with E-state index < -0.39 is 0 Å². The number of nitrogens with zero attached hydrogens (tertiary/aromatic N) is 2. The molecule has 2 atom stereocenters. The summed E-state index contributed by atoms with van der Waals surface area (Å²) in [5.41, 5.74) is 0. The van der Waals surface area contributed by atoms with E-state index in [1.807, 2.05) is 12.1 Å². The van der Waals surface area contributed by atoms with Gasteiger partial charge in [-0.25, -0.2) is 4.98 Å². The molecular formula is C11H15ClN2O2. The van der Waals surface area contributed by atoms with Crippen LogP contribution >= 0.6 is 11.6 Å². The van der Waals surface area contributed by atoms with E-state index in [2.05, 4.69) is 16.8 Å². The van der Waals surface area contributed by atoms with E-state index in [1.54, 1.807) is 6.07 Å². The largest absolute Gasteiger partial charge is 0.394 e. The number of halogens is 1. The maximum atomic E-state index is 9.10. The Morgan fingerprint density at radius 3 is 3.12 bits per heavy atom. The van der Waals surface area contributed by atoms with Crippen molar-refractivity contribution in [2.45, 2.75) is 19.1 Å². The number of morpholine rings is 1. The summed E-state index contributed by atoms with van der Waals surface area (Å²) >= 11 is 5.86. The van der Waals surface area contributed by atoms with Crippen LogP contribution in [0.2, 0.25) is 5.15 Å². The van der Waals surface area contributed by atoms with Gasteiger partial charge in [0.1, 0.15) is 11.0 Å². The molecule has 1 aliphatic heterocycles. The van der Waals surface area contributed by atoms with Crippen LogP contribution in [0.3, 0.4) is 0 Å². The summed E-state index contributed by atoms with van der Waals surface area (Å²) in [6.45, 7) is 3.34. The van der Waals surface area contributed by atoms with E-state index in [4.69, 9.17) is 21.4 Å². The monoisotopic (exact) mass is 242 g/mol. The third-order valence-electron chi connectivity index (χ3n) is 2.70. The van der Waals surface area contributed by atoms with Crippen LogP contribution in [0.25, 0.3) is 0 Å². The van der Waals surface area contributed by atoms with Gasteiger partial charge in [0.2, 0.25) is 0 Å². The van der Waals surface area contributed by atoms with E-state index in [0.717, 1.165) is 5.82 Å². The summed E-state index contributed by atoms with van der Waals surface area (Å²) in [7, 11) is 0. The number of pyridine rings is 1. The van der Waals surface area contributed by atoms with E-state index >= 15 is 0 Å². The Balaban J connectivity index is 2.17. The zero-order chi connectivity index (χ0) is 11.5. The molecule has 0 bridgehead atoms. The minimum absolute atomic E-state index is 0.0315. The minimum atomic E-state index is -0.142. The molecular weight excluding hydrogens is 228 g/mol. The zero-order valence-electron chi connectivity index (χ0n) is 9.14. The molecule has 5 heteroatoms. The molecule has 16 heavy (non-hydrogen) atoms. The zero-order valence-corrected chi connectivity index (χ0v) is 9.89. The van der Waals surface area contributed by atoms with E-state index in [0.29, 0.717) is 18.3 Å². The van der Waals surface area contributed by atoms with Gasteiger partial charge in [0.05, 0.1) is 25.4 Å². The molecule has 1 saturated heterocycles. The van der Waals surface area contributed by atoms with Gasteiger partial charge in [-0.2, -0.15) is 0 Å². The van der Waals surface area contributed by atoms with Gasteiger partial charge in [0.25, 0.3) is 0 Å². The van der Waals surface area contributed by atoms with E-state index in [9.17, 15) is 0 Å². The van der Waals surface area contributed by atoms with E-state index in [-0.39, 0.29) is 18.8 Å². The lowest BCUT2D eigenvalue weighted by Crippen LogP contribution is -2.49. The van der Waals surface area contributed by atoms with Crippen molar-refractivity contribution >= 4 is 17.4 Å². The Hall–Kier alpha value is -0.840. The van der Waals surface area contributed by atoms with Crippen molar-refractivity contribution in [1.29, 1.82) is 0 Å². The molecule has 0 amide bonds. The first-order chi connectivity index (χ1) is 7.70. The first kappa shape index (κ1) is 11.6. The molecule has 2 unspecified atom stereocenters. The number of rotatable bonds is 2. The van der Waals surface area contributed by atoms with Crippen molar-refractivity contribution in [2.75, 3.05) is 24.7 Å². The van der Waals surface area contributed by atoms with Crippen LogP contribution in [-0.2, 0) is 4.74 Å². The molecule has 1 aromatic rings. The van der Waals surface area contributed by atoms with Gasteiger partial charge in [-0.1, -0.05) is 17.7 Å². The quantitative estimate of drug-likeness (QED) is 0.795. The lowest BCUT2D eigenvalue weighted by atomic mass is 10.2. The van der Waals surface area contributed by atoms with Crippen LogP contribution in [0.1, 0.15) is 6.92 Å². The molecule has 1 N–H and O–H groups in total. The van der Waals surface area contributed by atoms with Crippen molar-refractivity contribution in [3.05, 3.63) is 23.4 Å². The van der Waals surface area contributed by atoms with Crippen LogP contribution < -0.4 is 4.90 Å². The van der Waals surface area contributed by atoms with Gasteiger partial charge in [-0.15, -0.1) is 0 Å². The van der Waals surface area contributed by atoms with Gasteiger partial charge in [0.15, 0.2) is 0 Å². The highest BCUT2D eigenvalue weighted by Crippen LogP contribution is 2.21. The van der Waals surface area contributed by atoms with Gasteiger partial charge >= 0.3 is 0 Å². The Bertz CT molecular complexity index is 362. The van der Waals surface area contributed by atoms with E-state index in [1.165, 1.54) is 0 Å². The Kier molecular flexibility index (Phi) is 3.63. The van der Waals surface area contributed by atoms with Crippen molar-refractivity contribution in [3.63, 3.8) is 0 Å². The van der Waals surface area contributed by atoms with Crippen LogP contribution in [0.15, 0.2) is 18.2 Å². The van der Waals surface area contributed by atoms with Crippen molar-refractivity contribution in [2.24, 2.45) is 0 Å². The normalized spacial score (nSPS) is 25.8. The van der Waals surface area contributed by atoms with Crippen molar-refractivity contribution < 1.29 is 9.84 Å². The number of hydrogen-bond donors (Lipinski definition) is 1. The van der Waals surface area contributed by atoms with Crippen molar-refractivity contribution in [3.8, 4) is 0 Å². The highest BCUT2D eigenvalue weighted by atomic mass is 35.5.